The summed E-state index contributed by atoms with van der Waals surface area (Å²) in [6, 6.07) is 8.32. The van der Waals surface area contributed by atoms with Gasteiger partial charge in [0.1, 0.15) is 0 Å². The van der Waals surface area contributed by atoms with Crippen molar-refractivity contribution in [2.45, 2.75) is 46.1 Å². The number of carbonyl (C=O) groups is 1. The number of carbonyl (C=O) groups excluding carboxylic acids is 1. The Labute approximate surface area is 128 Å². The molecule has 1 aromatic rings. The van der Waals surface area contributed by atoms with Crippen LogP contribution in [0.2, 0.25) is 0 Å². The molecule has 1 fully saturated rings. The first-order valence-corrected chi connectivity index (χ1v) is 8.20. The Morgan fingerprint density at radius 1 is 1.29 bits per heavy atom. The van der Waals surface area contributed by atoms with Crippen molar-refractivity contribution in [3.05, 3.63) is 35.4 Å². The molecule has 1 saturated carbocycles. The maximum Gasteiger partial charge on any atom is 0.226 e. The van der Waals surface area contributed by atoms with Crippen molar-refractivity contribution in [2.75, 3.05) is 13.1 Å². The molecule has 2 rings (SSSR count). The lowest BCUT2D eigenvalue weighted by Crippen LogP contribution is -2.42. The monoisotopic (exact) mass is 288 g/mol. The molecule has 3 nitrogen and oxygen atoms in total. The SMILES string of the molecule is CCN(Cc1ccccc1C)C(=O)C1CCCCC1CN. The highest BCUT2D eigenvalue weighted by Crippen LogP contribution is 2.31. The molecule has 0 aliphatic heterocycles. The van der Waals surface area contributed by atoms with E-state index < -0.39 is 0 Å². The van der Waals surface area contributed by atoms with E-state index in [4.69, 9.17) is 5.73 Å². The first-order chi connectivity index (χ1) is 10.2. The molecule has 21 heavy (non-hydrogen) atoms. The summed E-state index contributed by atoms with van der Waals surface area (Å²) >= 11 is 0. The van der Waals surface area contributed by atoms with Gasteiger partial charge < -0.3 is 10.6 Å². The number of hydrogen-bond donors (Lipinski definition) is 1. The number of benzene rings is 1. The third kappa shape index (κ3) is 3.85. The fourth-order valence-corrected chi connectivity index (χ4v) is 3.39. The van der Waals surface area contributed by atoms with Crippen LogP contribution in [0, 0.1) is 18.8 Å². The number of nitrogens with two attached hydrogens (primary N) is 1. The van der Waals surface area contributed by atoms with Crippen molar-refractivity contribution in [3.63, 3.8) is 0 Å². The molecule has 0 saturated heterocycles. The molecule has 1 aromatic carbocycles. The quantitative estimate of drug-likeness (QED) is 0.905. The molecule has 1 amide bonds. The van der Waals surface area contributed by atoms with Crippen molar-refractivity contribution >= 4 is 5.91 Å². The second-order valence-electron chi connectivity index (χ2n) is 6.17. The fraction of sp³-hybridized carbons (Fsp3) is 0.611. The van der Waals surface area contributed by atoms with Gasteiger partial charge in [0.15, 0.2) is 0 Å². The van der Waals surface area contributed by atoms with Gasteiger partial charge in [-0.15, -0.1) is 0 Å². The molecular weight excluding hydrogens is 260 g/mol. The summed E-state index contributed by atoms with van der Waals surface area (Å²) in [5.41, 5.74) is 8.37. The van der Waals surface area contributed by atoms with E-state index in [1.54, 1.807) is 0 Å². The van der Waals surface area contributed by atoms with Crippen molar-refractivity contribution in [1.82, 2.24) is 4.90 Å². The molecule has 2 atom stereocenters. The Balaban J connectivity index is 2.09. The number of rotatable bonds is 5. The predicted molar refractivity (Wildman–Crippen MR) is 86.8 cm³/mol. The largest absolute Gasteiger partial charge is 0.338 e. The lowest BCUT2D eigenvalue weighted by molar-refractivity contribution is -0.138. The number of amides is 1. The van der Waals surface area contributed by atoms with Crippen molar-refractivity contribution in [2.24, 2.45) is 17.6 Å². The first kappa shape index (κ1) is 16.0. The number of aryl methyl sites for hydroxylation is 1. The van der Waals surface area contributed by atoms with E-state index in [1.807, 2.05) is 17.0 Å². The Kier molecular flexibility index (Phi) is 5.80. The lowest BCUT2D eigenvalue weighted by Gasteiger charge is -2.34. The van der Waals surface area contributed by atoms with Crippen LogP contribution in [0.15, 0.2) is 24.3 Å². The zero-order chi connectivity index (χ0) is 15.2. The van der Waals surface area contributed by atoms with E-state index in [2.05, 4.69) is 26.0 Å². The third-order valence-corrected chi connectivity index (χ3v) is 4.84. The van der Waals surface area contributed by atoms with E-state index in [0.29, 0.717) is 18.4 Å². The van der Waals surface area contributed by atoms with Gasteiger partial charge in [0, 0.05) is 19.0 Å². The summed E-state index contributed by atoms with van der Waals surface area (Å²) in [5.74, 6) is 0.806. The summed E-state index contributed by atoms with van der Waals surface area (Å²) in [4.78, 5) is 14.9. The summed E-state index contributed by atoms with van der Waals surface area (Å²) < 4.78 is 0. The van der Waals surface area contributed by atoms with Crippen molar-refractivity contribution in [3.8, 4) is 0 Å². The predicted octanol–water partition coefficient (Wildman–Crippen LogP) is 3.11. The molecule has 0 spiro atoms. The summed E-state index contributed by atoms with van der Waals surface area (Å²) in [6.45, 7) is 6.29. The Morgan fingerprint density at radius 3 is 2.67 bits per heavy atom. The van der Waals surface area contributed by atoms with Crippen LogP contribution in [0.4, 0.5) is 0 Å². The molecule has 1 aliphatic carbocycles. The van der Waals surface area contributed by atoms with Gasteiger partial charge in [0.2, 0.25) is 5.91 Å². The normalized spacial score (nSPS) is 22.0. The minimum atomic E-state index is 0.132. The van der Waals surface area contributed by atoms with Crippen LogP contribution in [-0.4, -0.2) is 23.9 Å². The molecule has 0 radical (unpaired) electrons. The molecule has 2 unspecified atom stereocenters. The molecule has 0 heterocycles. The Bertz CT molecular complexity index is 472. The second-order valence-corrected chi connectivity index (χ2v) is 6.17. The number of hydrogen-bond acceptors (Lipinski definition) is 2. The maximum atomic E-state index is 12.9. The third-order valence-electron chi connectivity index (χ3n) is 4.84. The summed E-state index contributed by atoms with van der Waals surface area (Å²) in [6.07, 6.45) is 4.49. The van der Waals surface area contributed by atoms with Crippen LogP contribution in [0.5, 0.6) is 0 Å². The van der Waals surface area contributed by atoms with E-state index >= 15 is 0 Å². The van der Waals surface area contributed by atoms with Gasteiger partial charge in [-0.05, 0) is 50.3 Å². The molecule has 2 N–H and O–H groups in total. The van der Waals surface area contributed by atoms with Crippen LogP contribution in [-0.2, 0) is 11.3 Å². The van der Waals surface area contributed by atoms with E-state index in [-0.39, 0.29) is 5.92 Å². The smallest absolute Gasteiger partial charge is 0.226 e. The number of nitrogens with zero attached hydrogens (tertiary/aromatic N) is 1. The average Bonchev–Trinajstić information content (AvgIpc) is 2.53. The average molecular weight is 288 g/mol. The first-order valence-electron chi connectivity index (χ1n) is 8.20. The Morgan fingerprint density at radius 2 is 2.00 bits per heavy atom. The van der Waals surface area contributed by atoms with Crippen LogP contribution in [0.3, 0.4) is 0 Å². The van der Waals surface area contributed by atoms with Gasteiger partial charge in [-0.3, -0.25) is 4.79 Å². The maximum absolute atomic E-state index is 12.9. The standard InChI is InChI=1S/C18H28N2O/c1-3-20(13-16-10-5-4-8-14(16)2)18(21)17-11-7-6-9-15(17)12-19/h4-5,8,10,15,17H,3,6-7,9,11-13,19H2,1-2H3. The fourth-order valence-electron chi connectivity index (χ4n) is 3.39. The molecule has 1 aliphatic rings. The second kappa shape index (κ2) is 7.60. The molecular formula is C18H28N2O. The van der Waals surface area contributed by atoms with Crippen LogP contribution >= 0.6 is 0 Å². The highest BCUT2D eigenvalue weighted by Gasteiger charge is 2.32. The zero-order valence-corrected chi connectivity index (χ0v) is 13.3. The highest BCUT2D eigenvalue weighted by atomic mass is 16.2. The highest BCUT2D eigenvalue weighted by molar-refractivity contribution is 5.79. The van der Waals surface area contributed by atoms with Gasteiger partial charge in [-0.25, -0.2) is 0 Å². The van der Waals surface area contributed by atoms with Gasteiger partial charge >= 0.3 is 0 Å². The Hall–Kier alpha value is -1.35. The van der Waals surface area contributed by atoms with Crippen LogP contribution in [0.1, 0.15) is 43.7 Å². The van der Waals surface area contributed by atoms with E-state index in [0.717, 1.165) is 32.4 Å². The van der Waals surface area contributed by atoms with E-state index in [9.17, 15) is 4.79 Å². The van der Waals surface area contributed by atoms with Crippen LogP contribution < -0.4 is 5.73 Å². The summed E-state index contributed by atoms with van der Waals surface area (Å²) in [7, 11) is 0. The van der Waals surface area contributed by atoms with Gasteiger partial charge in [0.25, 0.3) is 0 Å². The molecule has 3 heteroatoms. The van der Waals surface area contributed by atoms with Crippen molar-refractivity contribution in [1.29, 1.82) is 0 Å². The van der Waals surface area contributed by atoms with E-state index in [1.165, 1.54) is 17.5 Å². The summed E-state index contributed by atoms with van der Waals surface area (Å²) in [5, 5.41) is 0. The van der Waals surface area contributed by atoms with Crippen molar-refractivity contribution < 1.29 is 4.79 Å². The lowest BCUT2D eigenvalue weighted by atomic mass is 9.78. The zero-order valence-electron chi connectivity index (χ0n) is 13.3. The van der Waals surface area contributed by atoms with Crippen LogP contribution in [0.25, 0.3) is 0 Å². The topological polar surface area (TPSA) is 46.3 Å². The molecule has 0 bridgehead atoms. The minimum absolute atomic E-state index is 0.132. The van der Waals surface area contributed by atoms with Gasteiger partial charge in [0.05, 0.1) is 0 Å². The minimum Gasteiger partial charge on any atom is -0.338 e. The van der Waals surface area contributed by atoms with Gasteiger partial charge in [-0.1, -0.05) is 37.1 Å². The molecule has 0 aromatic heterocycles. The molecule has 116 valence electrons. The van der Waals surface area contributed by atoms with Gasteiger partial charge in [-0.2, -0.15) is 0 Å².